The molecule has 0 amide bonds. The van der Waals surface area contributed by atoms with E-state index in [1.165, 1.54) is 5.56 Å². The molecule has 15 heavy (non-hydrogen) atoms. The molecule has 0 aliphatic heterocycles. The summed E-state index contributed by atoms with van der Waals surface area (Å²) in [6.07, 6.45) is 1.97. The van der Waals surface area contributed by atoms with Gasteiger partial charge in [-0.05, 0) is 36.0 Å². The summed E-state index contributed by atoms with van der Waals surface area (Å²) in [6, 6.07) is 8.20. The van der Waals surface area contributed by atoms with Crippen molar-refractivity contribution >= 4 is 5.69 Å². The maximum atomic E-state index is 6.10. The third kappa shape index (κ3) is 4.84. The highest BCUT2D eigenvalue weighted by Crippen LogP contribution is 2.21. The number of nitrogens with two attached hydrogens (primary N) is 2. The molecule has 0 bridgehead atoms. The number of nitrogen functional groups attached to an aromatic ring is 1. The van der Waals surface area contributed by atoms with Crippen molar-refractivity contribution in [2.75, 3.05) is 5.73 Å². The molecule has 1 aromatic carbocycles. The molecule has 1 aromatic rings. The van der Waals surface area contributed by atoms with Crippen LogP contribution in [0, 0.1) is 5.41 Å². The summed E-state index contributed by atoms with van der Waals surface area (Å²) in [5.74, 6) is 0. The first kappa shape index (κ1) is 12.1. The first-order chi connectivity index (χ1) is 6.87. The summed E-state index contributed by atoms with van der Waals surface area (Å²) in [6.45, 7) is 6.65. The van der Waals surface area contributed by atoms with E-state index in [4.69, 9.17) is 11.5 Å². The predicted molar refractivity (Wildman–Crippen MR) is 66.6 cm³/mol. The Morgan fingerprint density at radius 3 is 2.13 bits per heavy atom. The van der Waals surface area contributed by atoms with Gasteiger partial charge in [-0.1, -0.05) is 32.9 Å². The van der Waals surface area contributed by atoms with Crippen LogP contribution in [0.3, 0.4) is 0 Å². The highest BCUT2D eigenvalue weighted by Gasteiger charge is 2.15. The lowest BCUT2D eigenvalue weighted by Gasteiger charge is -2.23. The molecule has 1 atom stereocenters. The molecule has 84 valence electrons. The maximum Gasteiger partial charge on any atom is 0.0314 e. The fraction of sp³-hybridized carbons (Fsp3) is 0.538. The van der Waals surface area contributed by atoms with Gasteiger partial charge in [-0.2, -0.15) is 0 Å². The molecule has 0 spiro atoms. The van der Waals surface area contributed by atoms with Gasteiger partial charge in [0.2, 0.25) is 0 Å². The number of rotatable bonds is 3. The van der Waals surface area contributed by atoms with Crippen LogP contribution in [0.2, 0.25) is 0 Å². The van der Waals surface area contributed by atoms with Crippen LogP contribution >= 0.6 is 0 Å². The predicted octanol–water partition coefficient (Wildman–Crippen LogP) is 2.57. The van der Waals surface area contributed by atoms with E-state index in [9.17, 15) is 0 Å². The molecule has 4 N–H and O–H groups in total. The van der Waals surface area contributed by atoms with Gasteiger partial charge < -0.3 is 11.5 Å². The van der Waals surface area contributed by atoms with E-state index >= 15 is 0 Å². The minimum atomic E-state index is 0.230. The second-order valence-corrected chi connectivity index (χ2v) is 5.47. The quantitative estimate of drug-likeness (QED) is 0.747. The van der Waals surface area contributed by atoms with Crippen molar-refractivity contribution in [1.29, 1.82) is 0 Å². The van der Waals surface area contributed by atoms with Crippen LogP contribution in [0.5, 0.6) is 0 Å². The van der Waals surface area contributed by atoms with Crippen molar-refractivity contribution < 1.29 is 0 Å². The average molecular weight is 206 g/mol. The van der Waals surface area contributed by atoms with Gasteiger partial charge in [-0.15, -0.1) is 0 Å². The van der Waals surface area contributed by atoms with Crippen LogP contribution < -0.4 is 11.5 Å². The van der Waals surface area contributed by atoms with Crippen molar-refractivity contribution in [2.45, 2.75) is 39.7 Å². The lowest BCUT2D eigenvalue weighted by Crippen LogP contribution is -2.28. The van der Waals surface area contributed by atoms with Gasteiger partial charge in [0, 0.05) is 11.7 Å². The Morgan fingerprint density at radius 2 is 1.67 bits per heavy atom. The molecule has 2 heteroatoms. The molecule has 0 saturated carbocycles. The monoisotopic (exact) mass is 206 g/mol. The summed E-state index contributed by atoms with van der Waals surface area (Å²) in [5, 5.41) is 0. The van der Waals surface area contributed by atoms with E-state index in [0.29, 0.717) is 5.41 Å². The molecule has 2 nitrogen and oxygen atoms in total. The van der Waals surface area contributed by atoms with E-state index < -0.39 is 0 Å². The Morgan fingerprint density at radius 1 is 1.13 bits per heavy atom. The Labute approximate surface area is 92.7 Å². The Kier molecular flexibility index (Phi) is 3.75. The minimum absolute atomic E-state index is 0.230. The number of hydrogen-bond donors (Lipinski definition) is 2. The molecular weight excluding hydrogens is 184 g/mol. The number of hydrogen-bond acceptors (Lipinski definition) is 2. The standard InChI is InChI=1S/C13H22N2/c1-13(2,3)9-12(15)8-10-4-6-11(14)7-5-10/h4-7,12H,8-9,14-15H2,1-3H3. The molecule has 1 rings (SSSR count). The zero-order valence-electron chi connectivity index (χ0n) is 9.96. The summed E-state index contributed by atoms with van der Waals surface area (Å²) in [7, 11) is 0. The van der Waals surface area contributed by atoms with Crippen molar-refractivity contribution in [3.8, 4) is 0 Å². The summed E-state index contributed by atoms with van der Waals surface area (Å²) >= 11 is 0. The van der Waals surface area contributed by atoms with Gasteiger partial charge >= 0.3 is 0 Å². The van der Waals surface area contributed by atoms with Gasteiger partial charge in [-0.25, -0.2) is 0 Å². The van der Waals surface area contributed by atoms with Gasteiger partial charge in [-0.3, -0.25) is 0 Å². The van der Waals surface area contributed by atoms with Crippen LogP contribution in [-0.2, 0) is 6.42 Å². The minimum Gasteiger partial charge on any atom is -0.399 e. The Bertz CT molecular complexity index is 295. The van der Waals surface area contributed by atoms with Crippen molar-refractivity contribution in [2.24, 2.45) is 11.1 Å². The highest BCUT2D eigenvalue weighted by atomic mass is 14.6. The zero-order valence-corrected chi connectivity index (χ0v) is 9.96. The van der Waals surface area contributed by atoms with Crippen LogP contribution in [0.4, 0.5) is 5.69 Å². The zero-order chi connectivity index (χ0) is 11.5. The molecule has 0 aliphatic rings. The Hall–Kier alpha value is -1.02. The highest BCUT2D eigenvalue weighted by molar-refractivity contribution is 5.39. The summed E-state index contributed by atoms with van der Waals surface area (Å²) in [5.41, 5.74) is 14.1. The first-order valence-electron chi connectivity index (χ1n) is 5.47. The first-order valence-corrected chi connectivity index (χ1v) is 5.47. The van der Waals surface area contributed by atoms with Crippen LogP contribution in [0.1, 0.15) is 32.8 Å². The van der Waals surface area contributed by atoms with E-state index in [2.05, 4.69) is 32.9 Å². The lowest BCUT2D eigenvalue weighted by molar-refractivity contribution is 0.338. The van der Waals surface area contributed by atoms with Crippen LogP contribution in [0.15, 0.2) is 24.3 Å². The number of benzene rings is 1. The largest absolute Gasteiger partial charge is 0.399 e. The van der Waals surface area contributed by atoms with E-state index in [1.54, 1.807) is 0 Å². The maximum absolute atomic E-state index is 6.10. The van der Waals surface area contributed by atoms with E-state index in [0.717, 1.165) is 18.5 Å². The molecule has 0 aromatic heterocycles. The second-order valence-electron chi connectivity index (χ2n) is 5.47. The van der Waals surface area contributed by atoms with Gasteiger partial charge in [0.15, 0.2) is 0 Å². The fourth-order valence-electron chi connectivity index (χ4n) is 1.82. The third-order valence-electron chi connectivity index (χ3n) is 2.35. The summed E-state index contributed by atoms with van der Waals surface area (Å²) in [4.78, 5) is 0. The van der Waals surface area contributed by atoms with Crippen molar-refractivity contribution in [3.05, 3.63) is 29.8 Å². The van der Waals surface area contributed by atoms with Crippen LogP contribution in [-0.4, -0.2) is 6.04 Å². The third-order valence-corrected chi connectivity index (χ3v) is 2.35. The van der Waals surface area contributed by atoms with Crippen molar-refractivity contribution in [1.82, 2.24) is 0 Å². The molecule has 0 radical (unpaired) electrons. The Balaban J connectivity index is 2.51. The fourth-order valence-corrected chi connectivity index (χ4v) is 1.82. The molecule has 0 aliphatic carbocycles. The smallest absolute Gasteiger partial charge is 0.0314 e. The van der Waals surface area contributed by atoms with Crippen LogP contribution in [0.25, 0.3) is 0 Å². The van der Waals surface area contributed by atoms with E-state index in [1.807, 2.05) is 12.1 Å². The van der Waals surface area contributed by atoms with Gasteiger partial charge in [0.25, 0.3) is 0 Å². The molecule has 0 fully saturated rings. The van der Waals surface area contributed by atoms with E-state index in [-0.39, 0.29) is 6.04 Å². The molecule has 1 unspecified atom stereocenters. The summed E-state index contributed by atoms with van der Waals surface area (Å²) < 4.78 is 0. The molecular formula is C13H22N2. The van der Waals surface area contributed by atoms with Crippen molar-refractivity contribution in [3.63, 3.8) is 0 Å². The van der Waals surface area contributed by atoms with Gasteiger partial charge in [0.1, 0.15) is 0 Å². The second kappa shape index (κ2) is 4.67. The average Bonchev–Trinajstić information content (AvgIpc) is 2.05. The van der Waals surface area contributed by atoms with Gasteiger partial charge in [0.05, 0.1) is 0 Å². The topological polar surface area (TPSA) is 52.0 Å². The lowest BCUT2D eigenvalue weighted by atomic mass is 9.86. The normalized spacial score (nSPS) is 13.9. The molecule has 0 saturated heterocycles. The molecule has 0 heterocycles. The number of anilines is 1. The SMILES string of the molecule is CC(C)(C)CC(N)Cc1ccc(N)cc1.